The molecule has 1 nitrogen and oxygen atoms in total. The third kappa shape index (κ3) is 3.22. The monoisotopic (exact) mass is 653 g/mol. The normalized spacial score (nSPS) is 12.4. The van der Waals surface area contributed by atoms with E-state index in [0.29, 0.717) is 14.5 Å². The first-order chi connectivity index (χ1) is 22.3. The summed E-state index contributed by atoms with van der Waals surface area (Å²) < 4.78 is 8.20. The Kier molecular flexibility index (Phi) is 4.79. The van der Waals surface area contributed by atoms with E-state index in [1.54, 1.807) is 0 Å². The second-order valence-electron chi connectivity index (χ2n) is 12.1. The van der Waals surface area contributed by atoms with Crippen LogP contribution in [0.1, 0.15) is 0 Å². The number of aromatic nitrogens is 1. The average Bonchev–Trinajstić information content (AvgIpc) is 3.77. The molecule has 0 aliphatic carbocycles. The van der Waals surface area contributed by atoms with E-state index in [2.05, 4.69) is 144 Å². The number of nitrogens with zero attached hydrogens (tertiary/aromatic N) is 1. The zero-order valence-electron chi connectivity index (χ0n) is 24.0. The molecule has 208 valence electrons. The minimum atomic E-state index is 0.381. The number of hydrogen-bond donors (Lipinski definition) is 0. The summed E-state index contributed by atoms with van der Waals surface area (Å²) in [5.74, 6) is 0. The Balaban J connectivity index is 1.34. The van der Waals surface area contributed by atoms with Crippen molar-refractivity contribution in [3.05, 3.63) is 140 Å². The van der Waals surface area contributed by atoms with Crippen LogP contribution < -0.4 is 0 Å². The molecule has 0 saturated carbocycles. The minimum absolute atomic E-state index is 0.381. The summed E-state index contributed by atoms with van der Waals surface area (Å²) in [6.07, 6.45) is 0. The van der Waals surface area contributed by atoms with Crippen molar-refractivity contribution in [3.8, 4) is 11.1 Å². The van der Waals surface area contributed by atoms with Crippen molar-refractivity contribution in [1.82, 2.24) is 4.40 Å². The molecule has 0 aliphatic heterocycles. The van der Waals surface area contributed by atoms with E-state index in [4.69, 9.17) is 0 Å². The van der Waals surface area contributed by atoms with Crippen LogP contribution in [0.15, 0.2) is 140 Å². The molecule has 11 rings (SSSR count). The molecule has 0 unspecified atom stereocenters. The summed E-state index contributed by atoms with van der Waals surface area (Å²) in [5, 5.41) is 13.3. The van der Waals surface area contributed by atoms with Gasteiger partial charge in [-0.15, -0.1) is 11.3 Å². The van der Waals surface area contributed by atoms with Crippen LogP contribution >= 0.6 is 11.3 Å². The Morgan fingerprint density at radius 1 is 0.400 bits per heavy atom. The fraction of sp³-hybridized carbons (Fsp3) is 0. The van der Waals surface area contributed by atoms with E-state index in [0.717, 1.165) is 0 Å². The van der Waals surface area contributed by atoms with Crippen LogP contribution in [0.2, 0.25) is 0 Å². The SMILES string of the molecule is c1ccc2c(c1)[se]c1ccc(-c3ccc4c(c3)c3cccc5c6ccccc6c6cccc7sc8cccc(c8c76)n4c53)cc12. The number of thiophene rings is 1. The summed E-state index contributed by atoms with van der Waals surface area (Å²) in [6.45, 7) is 0. The van der Waals surface area contributed by atoms with Crippen molar-refractivity contribution in [2.45, 2.75) is 0 Å². The Labute approximate surface area is 267 Å². The molecule has 45 heavy (non-hydrogen) atoms. The fourth-order valence-electron chi connectivity index (χ4n) is 7.83. The van der Waals surface area contributed by atoms with Crippen molar-refractivity contribution < 1.29 is 0 Å². The summed E-state index contributed by atoms with van der Waals surface area (Å²) in [4.78, 5) is 0. The van der Waals surface area contributed by atoms with Crippen LogP contribution in [0, 0.1) is 0 Å². The molecule has 11 aromatic rings. The Morgan fingerprint density at radius 3 is 1.87 bits per heavy atom. The molecule has 0 bridgehead atoms. The predicted molar refractivity (Wildman–Crippen MR) is 198 cm³/mol. The van der Waals surface area contributed by atoms with Gasteiger partial charge in [-0.1, -0.05) is 30.3 Å². The van der Waals surface area contributed by atoms with Crippen LogP contribution in [-0.2, 0) is 0 Å². The molecule has 0 radical (unpaired) electrons. The van der Waals surface area contributed by atoms with Gasteiger partial charge in [-0.3, -0.25) is 0 Å². The molecular formula is C42H23NSSe. The van der Waals surface area contributed by atoms with E-state index in [9.17, 15) is 0 Å². The second kappa shape index (κ2) is 8.84. The molecule has 4 aromatic heterocycles. The number of hydrogen-bond acceptors (Lipinski definition) is 1. The Morgan fingerprint density at radius 2 is 1.00 bits per heavy atom. The van der Waals surface area contributed by atoms with Gasteiger partial charge in [0.15, 0.2) is 0 Å². The molecule has 0 amide bonds. The Hall–Kier alpha value is -4.92. The number of fused-ring (bicyclic) bond motifs is 10. The first kappa shape index (κ1) is 24.4. The molecular weight excluding hydrogens is 629 g/mol. The summed E-state index contributed by atoms with van der Waals surface area (Å²) in [5.41, 5.74) is 6.33. The number of para-hydroxylation sites is 1. The van der Waals surface area contributed by atoms with Crippen LogP contribution in [0.4, 0.5) is 0 Å². The molecule has 0 spiro atoms. The maximum atomic E-state index is 2.55. The van der Waals surface area contributed by atoms with E-state index in [1.165, 1.54) is 99.5 Å². The molecule has 0 atom stereocenters. The summed E-state index contributed by atoms with van der Waals surface area (Å²) in [6, 6.07) is 52.7. The summed E-state index contributed by atoms with van der Waals surface area (Å²) in [7, 11) is 0. The molecule has 7 aromatic carbocycles. The van der Waals surface area contributed by atoms with Gasteiger partial charge in [0, 0.05) is 4.70 Å². The average molecular weight is 653 g/mol. The molecule has 0 saturated heterocycles. The maximum absolute atomic E-state index is 2.55. The first-order valence-corrected chi connectivity index (χ1v) is 17.9. The van der Waals surface area contributed by atoms with Crippen molar-refractivity contribution in [1.29, 1.82) is 0 Å². The van der Waals surface area contributed by atoms with E-state index >= 15 is 0 Å². The number of benzene rings is 7. The standard InChI is InChI=1S/C42H23NSSe/c1-2-9-27-26(8-1)29-11-6-15-36-40(29)41-35(14-7-16-37(41)44-36)43-34-20-18-24(22-32(34)31-13-5-12-30(27)42(31)43)25-19-21-39-33(23-25)28-10-3-4-17-38(28)45-39/h1-23H. The van der Waals surface area contributed by atoms with Gasteiger partial charge in [-0.05, 0) is 17.5 Å². The van der Waals surface area contributed by atoms with Crippen molar-refractivity contribution in [3.63, 3.8) is 0 Å². The second-order valence-corrected chi connectivity index (χ2v) is 15.4. The van der Waals surface area contributed by atoms with Crippen LogP contribution in [0.25, 0.3) is 99.5 Å². The van der Waals surface area contributed by atoms with Gasteiger partial charge in [0.05, 0.1) is 0 Å². The number of rotatable bonds is 1. The zero-order valence-corrected chi connectivity index (χ0v) is 26.6. The summed E-state index contributed by atoms with van der Waals surface area (Å²) >= 11 is 2.28. The van der Waals surface area contributed by atoms with Gasteiger partial charge in [0.25, 0.3) is 0 Å². The molecule has 4 heterocycles. The van der Waals surface area contributed by atoms with Gasteiger partial charge >= 0.3 is 205 Å². The van der Waals surface area contributed by atoms with Crippen molar-refractivity contribution in [2.24, 2.45) is 0 Å². The van der Waals surface area contributed by atoms with Crippen molar-refractivity contribution >= 4 is 114 Å². The van der Waals surface area contributed by atoms with E-state index < -0.39 is 0 Å². The van der Waals surface area contributed by atoms with E-state index in [1.807, 2.05) is 11.3 Å². The predicted octanol–water partition coefficient (Wildman–Crippen LogP) is 12.0. The van der Waals surface area contributed by atoms with Crippen LogP contribution in [0.5, 0.6) is 0 Å². The topological polar surface area (TPSA) is 4.41 Å². The van der Waals surface area contributed by atoms with Crippen molar-refractivity contribution in [2.75, 3.05) is 0 Å². The quantitative estimate of drug-likeness (QED) is 0.156. The van der Waals surface area contributed by atoms with Gasteiger partial charge in [0.1, 0.15) is 0 Å². The van der Waals surface area contributed by atoms with Crippen LogP contribution in [0.3, 0.4) is 0 Å². The fourth-order valence-corrected chi connectivity index (χ4v) is 11.3. The third-order valence-electron chi connectivity index (χ3n) is 9.75. The molecule has 0 fully saturated rings. The van der Waals surface area contributed by atoms with Crippen LogP contribution in [-0.4, -0.2) is 18.9 Å². The third-order valence-corrected chi connectivity index (χ3v) is 13.3. The van der Waals surface area contributed by atoms with Gasteiger partial charge in [-0.25, -0.2) is 0 Å². The molecule has 0 aliphatic rings. The van der Waals surface area contributed by atoms with Gasteiger partial charge in [0.2, 0.25) is 0 Å². The Bertz CT molecular complexity index is 3050. The van der Waals surface area contributed by atoms with Gasteiger partial charge < -0.3 is 0 Å². The first-order valence-electron chi connectivity index (χ1n) is 15.4. The zero-order chi connectivity index (χ0) is 29.2. The molecule has 0 N–H and O–H groups in total. The van der Waals surface area contributed by atoms with Gasteiger partial charge in [-0.2, -0.15) is 0 Å². The van der Waals surface area contributed by atoms with E-state index in [-0.39, 0.29) is 0 Å². The molecule has 3 heteroatoms.